The summed E-state index contributed by atoms with van der Waals surface area (Å²) in [6.07, 6.45) is 2.33. The highest BCUT2D eigenvalue weighted by Gasteiger charge is 2.42. The molecule has 0 saturated heterocycles. The molecule has 7 nitrogen and oxygen atoms in total. The van der Waals surface area contributed by atoms with E-state index in [2.05, 4.69) is 28.1 Å². The number of nitrogens with two attached hydrogens (primary N) is 2. The Kier molecular flexibility index (Phi) is 4.28. The van der Waals surface area contributed by atoms with Crippen molar-refractivity contribution in [3.05, 3.63) is 52.6 Å². The summed E-state index contributed by atoms with van der Waals surface area (Å²) in [6.45, 7) is 2.85. The molecule has 0 unspecified atom stereocenters. The average Bonchev–Trinajstić information content (AvgIpc) is 3.09. The molecule has 27 heavy (non-hydrogen) atoms. The number of hydrazone groups is 1. The van der Waals surface area contributed by atoms with E-state index >= 15 is 0 Å². The van der Waals surface area contributed by atoms with Crippen LogP contribution in [0.15, 0.2) is 39.9 Å². The Morgan fingerprint density at radius 3 is 2.78 bits per heavy atom. The lowest BCUT2D eigenvalue weighted by atomic mass is 10.1. The van der Waals surface area contributed by atoms with Crippen LogP contribution in [0.2, 0.25) is 5.02 Å². The highest BCUT2D eigenvalue weighted by Crippen LogP contribution is 2.49. The number of hydrogen-bond acceptors (Lipinski definition) is 5. The van der Waals surface area contributed by atoms with Crippen molar-refractivity contribution in [3.8, 4) is 5.75 Å². The van der Waals surface area contributed by atoms with Crippen LogP contribution >= 0.6 is 11.6 Å². The van der Waals surface area contributed by atoms with E-state index < -0.39 is 0 Å². The zero-order valence-corrected chi connectivity index (χ0v) is 16.0. The average molecular weight is 388 g/mol. The van der Waals surface area contributed by atoms with Gasteiger partial charge in [-0.15, -0.1) is 0 Å². The number of amidine groups is 1. The number of aromatic nitrogens is 1. The number of methoxy groups -OCH3 is 1. The molecule has 0 spiro atoms. The van der Waals surface area contributed by atoms with Crippen LogP contribution in [0, 0.1) is 0 Å². The van der Waals surface area contributed by atoms with Gasteiger partial charge in [0.05, 0.1) is 24.2 Å². The van der Waals surface area contributed by atoms with Gasteiger partial charge in [-0.3, -0.25) is 0 Å². The first-order valence-electron chi connectivity index (χ1n) is 8.70. The fourth-order valence-electron chi connectivity index (χ4n) is 3.45. The van der Waals surface area contributed by atoms with Crippen molar-refractivity contribution in [2.75, 3.05) is 7.11 Å². The maximum absolute atomic E-state index is 6.39. The van der Waals surface area contributed by atoms with Gasteiger partial charge in [0.25, 0.3) is 0 Å². The first-order valence-corrected chi connectivity index (χ1v) is 9.07. The monoisotopic (exact) mass is 387 g/mol. The number of halogens is 1. The summed E-state index contributed by atoms with van der Waals surface area (Å²) in [7, 11) is 1.62. The molecule has 0 atom stereocenters. The Hall–Kier alpha value is -2.64. The largest absolute Gasteiger partial charge is 0.495 e. The molecule has 0 aliphatic heterocycles. The molecule has 3 aromatic rings. The van der Waals surface area contributed by atoms with Crippen LogP contribution in [0.3, 0.4) is 0 Å². The molecule has 142 valence electrons. The van der Waals surface area contributed by atoms with Gasteiger partial charge in [0.15, 0.2) is 5.76 Å². The summed E-state index contributed by atoms with van der Waals surface area (Å²) in [5.41, 5.74) is 4.92. The van der Waals surface area contributed by atoms with E-state index in [0.717, 1.165) is 16.7 Å². The first-order chi connectivity index (χ1) is 13.0. The fraction of sp³-hybridized carbons (Fsp3) is 0.316. The predicted octanol–water partition coefficient (Wildman–Crippen LogP) is 3.08. The smallest absolute Gasteiger partial charge is 0.202 e. The van der Waals surface area contributed by atoms with Crippen molar-refractivity contribution in [2.24, 2.45) is 16.8 Å². The SMILES string of the molecule is COc1cc2cc(C3(C)CC3)n(Cc3ccc(/C(=N/N)NN)o3)c2cc1Cl. The highest BCUT2D eigenvalue weighted by atomic mass is 35.5. The molecular formula is C19H22ClN5O2. The number of hydrazine groups is 1. The standard InChI is InChI=1S/C19H22ClN5O2/c1-19(5-6-19)17-8-11-7-16(26-2)13(20)9-14(11)25(17)10-12-3-4-15(27-12)18(23-21)24-22/h3-4,7-9H,5-6,10,21-22H2,1-2H3,(H,23,24). The van der Waals surface area contributed by atoms with Gasteiger partial charge in [-0.05, 0) is 43.2 Å². The Morgan fingerprint density at radius 1 is 1.37 bits per heavy atom. The highest BCUT2D eigenvalue weighted by molar-refractivity contribution is 6.32. The second kappa shape index (κ2) is 6.51. The van der Waals surface area contributed by atoms with E-state index in [9.17, 15) is 0 Å². The topological polar surface area (TPSA) is 104 Å². The zero-order valence-electron chi connectivity index (χ0n) is 15.3. The molecule has 0 radical (unpaired) electrons. The Morgan fingerprint density at radius 2 is 2.15 bits per heavy atom. The number of nitrogens with one attached hydrogen (secondary N) is 1. The minimum atomic E-state index is 0.177. The number of ether oxygens (including phenoxy) is 1. The third-order valence-electron chi connectivity index (χ3n) is 5.27. The van der Waals surface area contributed by atoms with Crippen LogP contribution in [-0.4, -0.2) is 17.5 Å². The quantitative estimate of drug-likeness (QED) is 0.270. The molecule has 8 heteroatoms. The number of nitrogens with zero attached hydrogens (tertiary/aromatic N) is 2. The molecule has 5 N–H and O–H groups in total. The first kappa shape index (κ1) is 17.8. The van der Waals surface area contributed by atoms with E-state index in [4.69, 9.17) is 32.4 Å². The van der Waals surface area contributed by atoms with E-state index in [1.54, 1.807) is 13.2 Å². The van der Waals surface area contributed by atoms with Crippen molar-refractivity contribution in [3.63, 3.8) is 0 Å². The van der Waals surface area contributed by atoms with Gasteiger partial charge in [-0.1, -0.05) is 18.5 Å². The summed E-state index contributed by atoms with van der Waals surface area (Å²) in [5.74, 6) is 13.0. The molecule has 1 aliphatic carbocycles. The third-order valence-corrected chi connectivity index (χ3v) is 5.56. The zero-order chi connectivity index (χ0) is 19.2. The number of hydrogen-bond donors (Lipinski definition) is 3. The van der Waals surface area contributed by atoms with Gasteiger partial charge in [0.1, 0.15) is 11.5 Å². The third kappa shape index (κ3) is 3.02. The number of furan rings is 1. The summed E-state index contributed by atoms with van der Waals surface area (Å²) < 4.78 is 13.5. The van der Waals surface area contributed by atoms with Gasteiger partial charge < -0.3 is 25.0 Å². The Bertz CT molecular complexity index is 1030. The van der Waals surface area contributed by atoms with Crippen molar-refractivity contribution >= 4 is 28.3 Å². The number of fused-ring (bicyclic) bond motifs is 1. The molecule has 2 heterocycles. The number of rotatable bonds is 5. The summed E-state index contributed by atoms with van der Waals surface area (Å²) in [6, 6.07) is 9.84. The molecule has 4 rings (SSSR count). The van der Waals surface area contributed by atoms with Gasteiger partial charge in [-0.25, -0.2) is 5.84 Å². The van der Waals surface area contributed by atoms with Gasteiger partial charge in [0, 0.05) is 16.5 Å². The van der Waals surface area contributed by atoms with Crippen molar-refractivity contribution in [1.82, 2.24) is 9.99 Å². The molecular weight excluding hydrogens is 366 g/mol. The Labute approximate surface area is 161 Å². The van der Waals surface area contributed by atoms with Crippen molar-refractivity contribution in [2.45, 2.75) is 31.7 Å². The van der Waals surface area contributed by atoms with E-state index in [1.165, 1.54) is 18.5 Å². The molecule has 2 aromatic heterocycles. The van der Waals surface area contributed by atoms with Crippen LogP contribution in [0.25, 0.3) is 10.9 Å². The summed E-state index contributed by atoms with van der Waals surface area (Å²) in [5, 5.41) is 5.26. The maximum Gasteiger partial charge on any atom is 0.202 e. The molecule has 0 amide bonds. The molecule has 1 aliphatic rings. The molecule has 1 saturated carbocycles. The van der Waals surface area contributed by atoms with Crippen LogP contribution in [-0.2, 0) is 12.0 Å². The van der Waals surface area contributed by atoms with Crippen LogP contribution < -0.4 is 21.8 Å². The van der Waals surface area contributed by atoms with Gasteiger partial charge in [-0.2, -0.15) is 5.10 Å². The lowest BCUT2D eigenvalue weighted by Crippen LogP contribution is -2.31. The van der Waals surface area contributed by atoms with Gasteiger partial charge in [0.2, 0.25) is 5.84 Å². The second-order valence-electron chi connectivity index (χ2n) is 7.11. The minimum absolute atomic E-state index is 0.177. The Balaban J connectivity index is 1.79. The lowest BCUT2D eigenvalue weighted by molar-refractivity contribution is 0.415. The van der Waals surface area contributed by atoms with E-state index in [-0.39, 0.29) is 5.41 Å². The second-order valence-corrected chi connectivity index (χ2v) is 7.52. The van der Waals surface area contributed by atoms with Crippen LogP contribution in [0.1, 0.15) is 37.0 Å². The van der Waals surface area contributed by atoms with Crippen molar-refractivity contribution < 1.29 is 9.15 Å². The minimum Gasteiger partial charge on any atom is -0.495 e. The summed E-state index contributed by atoms with van der Waals surface area (Å²) in [4.78, 5) is 0. The van der Waals surface area contributed by atoms with E-state index in [0.29, 0.717) is 28.9 Å². The number of benzene rings is 1. The molecule has 1 fully saturated rings. The predicted molar refractivity (Wildman–Crippen MR) is 106 cm³/mol. The van der Waals surface area contributed by atoms with Crippen molar-refractivity contribution in [1.29, 1.82) is 0 Å². The maximum atomic E-state index is 6.39. The molecule has 0 bridgehead atoms. The summed E-state index contributed by atoms with van der Waals surface area (Å²) >= 11 is 6.39. The lowest BCUT2D eigenvalue weighted by Gasteiger charge is -2.14. The van der Waals surface area contributed by atoms with Gasteiger partial charge >= 0.3 is 0 Å². The van der Waals surface area contributed by atoms with Crippen LogP contribution in [0.4, 0.5) is 0 Å². The fourth-order valence-corrected chi connectivity index (χ4v) is 3.69. The molecule has 1 aromatic carbocycles. The van der Waals surface area contributed by atoms with Crippen LogP contribution in [0.5, 0.6) is 5.75 Å². The van der Waals surface area contributed by atoms with E-state index in [1.807, 2.05) is 18.2 Å². The normalized spacial score (nSPS) is 15.9.